The molecule has 7 aromatic rings. The van der Waals surface area contributed by atoms with E-state index in [1.54, 1.807) is 0 Å². The lowest BCUT2D eigenvalue weighted by atomic mass is 9.93. The monoisotopic (exact) mass is 1070 g/mol. The first-order chi connectivity index (χ1) is 34.5. The molecule has 8 rings (SSSR count). The van der Waals surface area contributed by atoms with Crippen molar-refractivity contribution >= 4 is 40.2 Å². The zero-order chi connectivity index (χ0) is 54.4. The van der Waals surface area contributed by atoms with Gasteiger partial charge in [0.05, 0.1) is 17.1 Å². The van der Waals surface area contributed by atoms with Crippen LogP contribution in [-0.2, 0) is 24.9 Å². The third-order valence-corrected chi connectivity index (χ3v) is 11.4. The third kappa shape index (κ3) is 8.38. The van der Waals surface area contributed by atoms with Crippen LogP contribution in [0.15, 0.2) is 84.9 Å². The van der Waals surface area contributed by atoms with Crippen molar-refractivity contribution in [1.29, 1.82) is 0 Å². The van der Waals surface area contributed by atoms with Gasteiger partial charge in [0, 0.05) is 22.3 Å². The van der Waals surface area contributed by atoms with E-state index in [1.165, 1.54) is 60.7 Å². The molecule has 1 aliphatic rings. The number of para-hydroxylation sites is 1. The van der Waals surface area contributed by atoms with E-state index in [4.69, 9.17) is 0 Å². The second-order valence-electron chi connectivity index (χ2n) is 15.7. The number of alkyl halides is 9. The normalized spacial score (nSPS) is 13.6. The minimum atomic E-state index is -6.43. The second-order valence-corrected chi connectivity index (χ2v) is 15.7. The highest BCUT2D eigenvalue weighted by atomic mass is 19.4. The smallest absolute Gasteiger partial charge is 0.298 e. The molecule has 0 amide bonds. The van der Waals surface area contributed by atoms with Crippen molar-refractivity contribution < 1.29 is 101 Å². The number of allylic oxidation sites excluding steroid dienone is 1. The Morgan fingerprint density at radius 2 is 0.716 bits per heavy atom. The van der Waals surface area contributed by atoms with E-state index >= 15 is 61.5 Å². The van der Waals surface area contributed by atoms with Crippen LogP contribution in [-0.4, -0.2) is 0 Å². The van der Waals surface area contributed by atoms with Crippen LogP contribution in [0.4, 0.5) is 135 Å². The Balaban J connectivity index is 1.63. The number of benzene rings is 7. The fraction of sp³-hybridized carbons (Fsp3) is 0.102. The van der Waals surface area contributed by atoms with E-state index in [2.05, 4.69) is 0 Å². The minimum Gasteiger partial charge on any atom is -0.298 e. The van der Waals surface area contributed by atoms with Gasteiger partial charge in [-0.2, -0.15) is 39.5 Å². The van der Waals surface area contributed by atoms with Crippen molar-refractivity contribution in [3.63, 3.8) is 0 Å². The predicted octanol–water partition coefficient (Wildman–Crippen LogP) is 17.9. The van der Waals surface area contributed by atoms with E-state index < -0.39 is 196 Å². The molecule has 386 valence electrons. The molecule has 1 heterocycles. The lowest BCUT2D eigenvalue weighted by Crippen LogP contribution is -2.27. The van der Waals surface area contributed by atoms with Gasteiger partial charge in [0.15, 0.2) is 75.6 Å². The summed E-state index contributed by atoms with van der Waals surface area (Å²) in [4.78, 5) is -1.84. The van der Waals surface area contributed by atoms with E-state index in [9.17, 15) is 39.5 Å². The molecule has 7 aromatic carbocycles. The quantitative estimate of drug-likeness (QED) is 0.121. The Kier molecular flexibility index (Phi) is 13.2. The first-order valence-corrected chi connectivity index (χ1v) is 20.4. The second kappa shape index (κ2) is 18.6. The fourth-order valence-electron chi connectivity index (χ4n) is 8.34. The van der Waals surface area contributed by atoms with E-state index in [0.717, 1.165) is 18.2 Å². The zero-order valence-corrected chi connectivity index (χ0v) is 35.7. The van der Waals surface area contributed by atoms with Gasteiger partial charge in [-0.25, -0.2) is 61.5 Å². The molecule has 25 heteroatoms. The number of rotatable bonds is 6. The topological polar surface area (TPSA) is 6.48 Å². The van der Waals surface area contributed by atoms with E-state index in [1.807, 2.05) is 0 Å². The van der Waals surface area contributed by atoms with Crippen molar-refractivity contribution in [2.24, 2.45) is 0 Å². The highest BCUT2D eigenvalue weighted by Crippen LogP contribution is 2.56. The van der Waals surface area contributed by atoms with Crippen LogP contribution in [0.5, 0.6) is 0 Å². The zero-order valence-electron chi connectivity index (χ0n) is 35.7. The molecule has 0 fully saturated rings. The number of hydrogen-bond donors (Lipinski definition) is 0. The van der Waals surface area contributed by atoms with Gasteiger partial charge in [-0.3, -0.25) is 9.80 Å². The van der Waals surface area contributed by atoms with Crippen LogP contribution in [0.3, 0.4) is 0 Å². The van der Waals surface area contributed by atoms with Crippen molar-refractivity contribution in [1.82, 2.24) is 0 Å². The summed E-state index contributed by atoms with van der Waals surface area (Å²) in [5.74, 6) is -45.6. The molecule has 0 spiro atoms. The summed E-state index contributed by atoms with van der Waals surface area (Å²) in [6.07, 6.45) is -21.2. The largest absolute Gasteiger partial charge is 0.422 e. The molecule has 0 bridgehead atoms. The Labute approximate surface area is 398 Å². The lowest BCUT2D eigenvalue weighted by molar-refractivity contribution is -0.144. The Hall–Kier alpha value is -7.73. The molecule has 74 heavy (non-hydrogen) atoms. The molecular weight excluding hydrogens is 1050 g/mol. The van der Waals surface area contributed by atoms with Crippen LogP contribution >= 0.6 is 0 Å². The van der Waals surface area contributed by atoms with Gasteiger partial charge in [-0.15, -0.1) is 0 Å². The summed E-state index contributed by atoms with van der Waals surface area (Å²) < 4.78 is 356. The molecule has 0 aliphatic carbocycles. The molecule has 0 N–H and O–H groups in total. The first-order valence-electron chi connectivity index (χ1n) is 20.4. The molecule has 0 atom stereocenters. The number of hydrogen-bond acceptors (Lipinski definition) is 2. The maximum Gasteiger partial charge on any atom is 0.422 e. The summed E-state index contributed by atoms with van der Waals surface area (Å²) in [7, 11) is 0. The summed E-state index contributed by atoms with van der Waals surface area (Å²) >= 11 is 0. The number of halogens is 23. The first kappa shape index (κ1) is 52.6. The highest BCUT2D eigenvalue weighted by molar-refractivity contribution is 5.99. The van der Waals surface area contributed by atoms with Gasteiger partial charge < -0.3 is 0 Å². The Morgan fingerprint density at radius 3 is 1.15 bits per heavy atom. The van der Waals surface area contributed by atoms with Crippen LogP contribution < -0.4 is 9.80 Å². The van der Waals surface area contributed by atoms with Gasteiger partial charge in [-0.1, -0.05) is 91.0 Å². The molecule has 1 aliphatic heterocycles. The highest BCUT2D eigenvalue weighted by Gasteiger charge is 2.49. The molecule has 0 saturated heterocycles. The van der Waals surface area contributed by atoms with Crippen molar-refractivity contribution in [3.8, 4) is 22.3 Å². The van der Waals surface area contributed by atoms with Crippen molar-refractivity contribution in [2.75, 3.05) is 9.80 Å². The molecule has 0 radical (unpaired) electrons. The summed E-state index contributed by atoms with van der Waals surface area (Å²) in [6, 6.07) is 15.5. The maximum atomic E-state index is 18.2. The molecule has 0 unspecified atom stereocenters. The maximum absolute atomic E-state index is 18.2. The van der Waals surface area contributed by atoms with Crippen LogP contribution in [0, 0.1) is 81.4 Å². The summed E-state index contributed by atoms with van der Waals surface area (Å²) in [6.45, 7) is 0. The van der Waals surface area contributed by atoms with Crippen molar-refractivity contribution in [2.45, 2.75) is 31.4 Å². The average Bonchev–Trinajstić information content (AvgIpc) is 3.41. The summed E-state index contributed by atoms with van der Waals surface area (Å²) in [5, 5.41) is 0. The molecule has 0 aromatic heterocycles. The van der Waals surface area contributed by atoms with Crippen LogP contribution in [0.1, 0.15) is 34.2 Å². The predicted molar refractivity (Wildman–Crippen MR) is 218 cm³/mol. The number of nitrogens with zero attached hydrogens (tertiary/aromatic N) is 2. The third-order valence-electron chi connectivity index (χ3n) is 11.4. The van der Waals surface area contributed by atoms with Crippen LogP contribution in [0.25, 0.3) is 28.3 Å². The van der Waals surface area contributed by atoms with Gasteiger partial charge in [-0.05, 0) is 24.0 Å². The van der Waals surface area contributed by atoms with Gasteiger partial charge in [0.1, 0.15) is 39.6 Å². The molecule has 2 nitrogen and oxygen atoms in total. The standard InChI is InChI=1S/C49H19F23N2/c50-27-22-14-7-8-15-23-28(51)44(40(63)39(62)43(23)74(42(22)34(57)29(52)24(27)47(64,65)66)46-37(60)32(55)26(49(70,71)72)33(56)38(46)61)73(45-35(58)30(53)25(48(67,68)69)31(54)36(45)59)41-20(18-10-3-1-4-11-18)16-9-17-21(41)19-12-5-2-6-13-19/h1-6,8-13,15-17H,7,14H2/b15-8+. The van der Waals surface area contributed by atoms with Crippen molar-refractivity contribution in [3.05, 3.63) is 194 Å². The number of anilines is 6. The average molecular weight is 1070 g/mol. The molecule has 0 saturated carbocycles. The van der Waals surface area contributed by atoms with Crippen LogP contribution in [0.2, 0.25) is 0 Å². The van der Waals surface area contributed by atoms with Gasteiger partial charge >= 0.3 is 18.5 Å². The Bertz CT molecular complexity index is 3340. The summed E-state index contributed by atoms with van der Waals surface area (Å²) in [5.41, 5.74) is -29.7. The fourth-order valence-corrected chi connectivity index (χ4v) is 8.34. The SMILES string of the molecule is Fc1c(F)c(C(F)(F)F)c(F)c(F)c1N(c1c(-c2ccccc2)cccc1-c1ccccc1)c1c(F)c(F)c2c(c1F)/C=C/CCc1c(F)c(C(F)(F)F)c(F)c(F)c1N2c1c(F)c(F)c(C(F)(F)F)c(F)c1F. The lowest BCUT2D eigenvalue weighted by Gasteiger charge is -2.34. The van der Waals surface area contributed by atoms with E-state index in [0.29, 0.717) is 6.08 Å². The van der Waals surface area contributed by atoms with Gasteiger partial charge in [0.25, 0.3) is 0 Å². The molecular formula is C49H19F23N2. The van der Waals surface area contributed by atoms with E-state index in [-0.39, 0.29) is 17.2 Å². The van der Waals surface area contributed by atoms with Gasteiger partial charge in [0.2, 0.25) is 0 Å². The Morgan fingerprint density at radius 1 is 0.351 bits per heavy atom. The minimum absolute atomic E-state index is 0.0685. The number of fused-ring (bicyclic) bond motifs is 2.